The Balaban J connectivity index is 2.13. The van der Waals surface area contributed by atoms with Crippen molar-refractivity contribution in [3.8, 4) is 0 Å². The van der Waals surface area contributed by atoms with Gasteiger partial charge >= 0.3 is 0 Å². The Morgan fingerprint density at radius 2 is 2.21 bits per heavy atom. The van der Waals surface area contributed by atoms with Crippen molar-refractivity contribution in [3.05, 3.63) is 22.3 Å². The van der Waals surface area contributed by atoms with Crippen LogP contribution < -0.4 is 11.2 Å². The molecule has 1 radical (unpaired) electrons. The molecule has 2 N–H and O–H groups in total. The number of hydrogen-bond donors (Lipinski definition) is 1. The Labute approximate surface area is 86.2 Å². The van der Waals surface area contributed by atoms with Crippen LogP contribution in [0.1, 0.15) is 30.0 Å². The fourth-order valence-electron chi connectivity index (χ4n) is 1.56. The molecule has 1 aliphatic carbocycles. The van der Waals surface area contributed by atoms with Crippen LogP contribution in [-0.2, 0) is 0 Å². The number of nitrogens with two attached hydrogens (primary N) is 1. The molecule has 14 heavy (non-hydrogen) atoms. The molecule has 71 valence electrons. The summed E-state index contributed by atoms with van der Waals surface area (Å²) in [5.74, 6) is 1.52. The van der Waals surface area contributed by atoms with Crippen LogP contribution in [0.5, 0.6) is 0 Å². The third-order valence-electron chi connectivity index (χ3n) is 2.48. The molecule has 0 atom stereocenters. The molecule has 5 heteroatoms. The third-order valence-corrected chi connectivity index (χ3v) is 2.78. The van der Waals surface area contributed by atoms with E-state index in [1.165, 1.54) is 12.8 Å². The maximum Gasteiger partial charge on any atom is 0.185 e. The topological polar surface area (TPSA) is 65.4 Å². The van der Waals surface area contributed by atoms with Crippen molar-refractivity contribution in [1.82, 2.24) is 10.4 Å². The fraction of sp³-hybridized carbons (Fsp3) is 0.333. The second kappa shape index (κ2) is 2.60. The number of amidine groups is 1. The lowest BCUT2D eigenvalue weighted by atomic mass is 10.2. The fourth-order valence-corrected chi connectivity index (χ4v) is 1.86. The van der Waals surface area contributed by atoms with Gasteiger partial charge in [-0.1, -0.05) is 11.6 Å². The van der Waals surface area contributed by atoms with Gasteiger partial charge in [0.25, 0.3) is 0 Å². The van der Waals surface area contributed by atoms with E-state index >= 15 is 0 Å². The Kier molecular flexibility index (Phi) is 1.50. The molecular formula is C9H8ClN4. The SMILES string of the molecule is NC1=N[N]c2nc(C3CC3)c(Cl)cc21. The largest absolute Gasteiger partial charge is 0.382 e. The van der Waals surface area contributed by atoms with E-state index in [-0.39, 0.29) is 0 Å². The molecule has 0 bridgehead atoms. The standard InChI is InChI=1S/C9H8ClN4/c10-6-3-5-8(11)13-14-9(5)12-7(6)4-1-2-4/h3-4H,1-2H2,(H2,11,13). The van der Waals surface area contributed by atoms with Gasteiger partial charge in [-0.3, -0.25) is 0 Å². The zero-order chi connectivity index (χ0) is 9.71. The summed E-state index contributed by atoms with van der Waals surface area (Å²) in [7, 11) is 0. The highest BCUT2D eigenvalue weighted by Gasteiger charge is 2.30. The number of fused-ring (bicyclic) bond motifs is 1. The average molecular weight is 208 g/mol. The number of halogens is 1. The third kappa shape index (κ3) is 1.07. The van der Waals surface area contributed by atoms with Gasteiger partial charge in [0.15, 0.2) is 11.7 Å². The molecule has 4 nitrogen and oxygen atoms in total. The van der Waals surface area contributed by atoms with Gasteiger partial charge in [0, 0.05) is 5.92 Å². The lowest BCUT2D eigenvalue weighted by Crippen LogP contribution is -2.10. The second-order valence-electron chi connectivity index (χ2n) is 3.59. The molecule has 0 unspecified atom stereocenters. The minimum atomic E-state index is 0.400. The summed E-state index contributed by atoms with van der Waals surface area (Å²) in [5.41, 5.74) is 11.2. The van der Waals surface area contributed by atoms with Crippen LogP contribution in [0, 0.1) is 0 Å². The highest BCUT2D eigenvalue weighted by molar-refractivity contribution is 6.31. The normalized spacial score (nSPS) is 18.8. The van der Waals surface area contributed by atoms with Gasteiger partial charge in [0.1, 0.15) is 0 Å². The van der Waals surface area contributed by atoms with Crippen molar-refractivity contribution in [1.29, 1.82) is 0 Å². The minimum absolute atomic E-state index is 0.400. The second-order valence-corrected chi connectivity index (χ2v) is 3.99. The van der Waals surface area contributed by atoms with Crippen molar-refractivity contribution in [2.24, 2.45) is 10.8 Å². The Morgan fingerprint density at radius 3 is 2.93 bits per heavy atom. The van der Waals surface area contributed by atoms with E-state index in [9.17, 15) is 0 Å². The van der Waals surface area contributed by atoms with Gasteiger partial charge in [-0.15, -0.1) is 10.5 Å². The summed E-state index contributed by atoms with van der Waals surface area (Å²) >= 11 is 6.09. The average Bonchev–Trinajstić information content (AvgIpc) is 2.94. The molecule has 2 aliphatic rings. The molecule has 0 saturated heterocycles. The number of nitrogens with zero attached hydrogens (tertiary/aromatic N) is 3. The molecule has 1 aliphatic heterocycles. The van der Waals surface area contributed by atoms with Gasteiger partial charge in [-0.2, -0.15) is 0 Å². The van der Waals surface area contributed by atoms with Gasteiger partial charge in [0.05, 0.1) is 16.3 Å². The molecule has 1 fully saturated rings. The van der Waals surface area contributed by atoms with Gasteiger partial charge in [-0.05, 0) is 18.9 Å². The Morgan fingerprint density at radius 1 is 1.43 bits per heavy atom. The number of pyridine rings is 1. The zero-order valence-electron chi connectivity index (χ0n) is 7.37. The van der Waals surface area contributed by atoms with Crippen molar-refractivity contribution >= 4 is 23.3 Å². The predicted molar refractivity (Wildman–Crippen MR) is 53.7 cm³/mol. The number of hydrogen-bond acceptors (Lipinski definition) is 3. The lowest BCUT2D eigenvalue weighted by molar-refractivity contribution is 0.914. The first-order valence-corrected chi connectivity index (χ1v) is 4.88. The van der Waals surface area contributed by atoms with E-state index in [2.05, 4.69) is 15.5 Å². The molecule has 0 amide bonds. The van der Waals surface area contributed by atoms with Crippen LogP contribution in [0.25, 0.3) is 0 Å². The van der Waals surface area contributed by atoms with Gasteiger partial charge in [0.2, 0.25) is 0 Å². The Bertz CT molecular complexity index is 437. The molecular weight excluding hydrogens is 200 g/mol. The summed E-state index contributed by atoms with van der Waals surface area (Å²) in [6.07, 6.45) is 2.34. The molecule has 1 aromatic rings. The summed E-state index contributed by atoms with van der Waals surface area (Å²) in [5, 5.41) is 4.45. The van der Waals surface area contributed by atoms with E-state index in [1.54, 1.807) is 0 Å². The van der Waals surface area contributed by atoms with Gasteiger partial charge < -0.3 is 5.73 Å². The van der Waals surface area contributed by atoms with E-state index < -0.39 is 0 Å². The van der Waals surface area contributed by atoms with Crippen molar-refractivity contribution < 1.29 is 0 Å². The highest BCUT2D eigenvalue weighted by Crippen LogP contribution is 2.43. The summed E-state index contributed by atoms with van der Waals surface area (Å²) < 4.78 is 0. The van der Waals surface area contributed by atoms with Crippen molar-refractivity contribution in [2.75, 3.05) is 0 Å². The van der Waals surface area contributed by atoms with Gasteiger partial charge in [-0.25, -0.2) is 4.98 Å². The predicted octanol–water partition coefficient (Wildman–Crippen LogP) is 1.48. The first-order valence-electron chi connectivity index (χ1n) is 4.50. The first kappa shape index (κ1) is 8.05. The molecule has 1 saturated carbocycles. The lowest BCUT2D eigenvalue weighted by Gasteiger charge is -2.03. The van der Waals surface area contributed by atoms with Crippen LogP contribution in [0.2, 0.25) is 5.02 Å². The smallest absolute Gasteiger partial charge is 0.185 e. The quantitative estimate of drug-likeness (QED) is 0.758. The first-order chi connectivity index (χ1) is 6.75. The summed E-state index contributed by atoms with van der Waals surface area (Å²) in [6, 6.07) is 1.81. The van der Waals surface area contributed by atoms with Crippen LogP contribution in [0.15, 0.2) is 11.2 Å². The number of rotatable bonds is 1. The maximum atomic E-state index is 6.09. The van der Waals surface area contributed by atoms with Crippen LogP contribution in [0.3, 0.4) is 0 Å². The maximum absolute atomic E-state index is 6.09. The van der Waals surface area contributed by atoms with Crippen LogP contribution >= 0.6 is 11.6 Å². The molecule has 2 heterocycles. The van der Waals surface area contributed by atoms with E-state index in [1.807, 2.05) is 6.07 Å². The van der Waals surface area contributed by atoms with Crippen LogP contribution in [-0.4, -0.2) is 10.8 Å². The van der Waals surface area contributed by atoms with Crippen molar-refractivity contribution in [2.45, 2.75) is 18.8 Å². The highest BCUT2D eigenvalue weighted by atomic mass is 35.5. The number of aromatic nitrogens is 1. The minimum Gasteiger partial charge on any atom is -0.382 e. The zero-order valence-corrected chi connectivity index (χ0v) is 8.12. The van der Waals surface area contributed by atoms with E-state index in [0.717, 1.165) is 11.3 Å². The molecule has 0 spiro atoms. The van der Waals surface area contributed by atoms with E-state index in [0.29, 0.717) is 22.6 Å². The molecule has 3 rings (SSSR count). The molecule has 1 aromatic heterocycles. The summed E-state index contributed by atoms with van der Waals surface area (Å²) in [4.78, 5) is 4.37. The Hall–Kier alpha value is -1.29. The van der Waals surface area contributed by atoms with Crippen molar-refractivity contribution in [3.63, 3.8) is 0 Å². The monoisotopic (exact) mass is 207 g/mol. The molecule has 0 aromatic carbocycles. The summed E-state index contributed by atoms with van der Waals surface area (Å²) in [6.45, 7) is 0. The van der Waals surface area contributed by atoms with Crippen LogP contribution in [0.4, 0.5) is 5.82 Å². The van der Waals surface area contributed by atoms with E-state index in [4.69, 9.17) is 17.3 Å².